The second kappa shape index (κ2) is 7.15. The summed E-state index contributed by atoms with van der Waals surface area (Å²) in [4.78, 5) is 14.3. The summed E-state index contributed by atoms with van der Waals surface area (Å²) in [5.41, 5.74) is 1.06. The molecule has 0 atom stereocenters. The van der Waals surface area contributed by atoms with Crippen molar-refractivity contribution >= 4 is 28.9 Å². The molecule has 2 aromatic rings. The maximum atomic E-state index is 13.3. The highest BCUT2D eigenvalue weighted by molar-refractivity contribution is 6.34. The van der Waals surface area contributed by atoms with Gasteiger partial charge in [0.05, 0.1) is 29.6 Å². The van der Waals surface area contributed by atoms with E-state index in [1.807, 2.05) is 4.90 Å². The van der Waals surface area contributed by atoms with Gasteiger partial charge in [0, 0.05) is 24.7 Å². The molecule has 1 saturated heterocycles. The Hall–Kier alpha value is -2.18. The first-order chi connectivity index (χ1) is 11.5. The predicted octanol–water partition coefficient (Wildman–Crippen LogP) is 3.71. The molecule has 126 valence electrons. The van der Waals surface area contributed by atoms with Crippen LogP contribution in [0, 0.1) is 11.6 Å². The number of benzene rings is 2. The van der Waals surface area contributed by atoms with E-state index in [0.29, 0.717) is 42.7 Å². The lowest BCUT2D eigenvalue weighted by Crippen LogP contribution is -2.37. The van der Waals surface area contributed by atoms with Crippen molar-refractivity contribution in [3.8, 4) is 0 Å². The summed E-state index contributed by atoms with van der Waals surface area (Å²) >= 11 is 6.29. The third-order valence-electron chi connectivity index (χ3n) is 3.69. The van der Waals surface area contributed by atoms with E-state index < -0.39 is 17.5 Å². The van der Waals surface area contributed by atoms with Crippen LogP contribution in [0.3, 0.4) is 0 Å². The van der Waals surface area contributed by atoms with Crippen molar-refractivity contribution in [1.82, 2.24) is 0 Å². The average Bonchev–Trinajstić information content (AvgIpc) is 2.55. The summed E-state index contributed by atoms with van der Waals surface area (Å²) in [6, 6.07) is 7.81. The Morgan fingerprint density at radius 2 is 1.79 bits per heavy atom. The quantitative estimate of drug-likeness (QED) is 0.915. The van der Waals surface area contributed by atoms with Gasteiger partial charge >= 0.3 is 0 Å². The van der Waals surface area contributed by atoms with Crippen molar-refractivity contribution in [2.45, 2.75) is 0 Å². The molecule has 1 heterocycles. The molecule has 1 fully saturated rings. The molecule has 1 N–H and O–H groups in total. The van der Waals surface area contributed by atoms with Crippen LogP contribution in [0.15, 0.2) is 36.4 Å². The zero-order chi connectivity index (χ0) is 17.1. The first-order valence-electron chi connectivity index (χ1n) is 7.43. The summed E-state index contributed by atoms with van der Waals surface area (Å²) in [7, 11) is 0. The fraction of sp³-hybridized carbons (Fsp3) is 0.235. The first-order valence-corrected chi connectivity index (χ1v) is 7.81. The second-order valence-corrected chi connectivity index (χ2v) is 5.75. The van der Waals surface area contributed by atoms with Crippen LogP contribution in [0.4, 0.5) is 20.2 Å². The number of morpholine rings is 1. The Bertz CT molecular complexity index is 744. The predicted molar refractivity (Wildman–Crippen MR) is 88.8 cm³/mol. The van der Waals surface area contributed by atoms with Gasteiger partial charge < -0.3 is 15.0 Å². The van der Waals surface area contributed by atoms with Crippen LogP contribution in [0.1, 0.15) is 10.4 Å². The number of nitrogens with zero attached hydrogens (tertiary/aromatic N) is 1. The molecule has 1 aliphatic heterocycles. The van der Waals surface area contributed by atoms with Crippen LogP contribution in [-0.2, 0) is 4.74 Å². The minimum absolute atomic E-state index is 0.0968. The van der Waals surface area contributed by atoms with E-state index in [-0.39, 0.29) is 5.56 Å². The van der Waals surface area contributed by atoms with E-state index in [4.69, 9.17) is 16.3 Å². The molecular weight excluding hydrogens is 338 g/mol. The largest absolute Gasteiger partial charge is 0.378 e. The zero-order valence-electron chi connectivity index (χ0n) is 12.7. The normalized spacial score (nSPS) is 14.5. The van der Waals surface area contributed by atoms with Gasteiger partial charge in [0.2, 0.25) is 0 Å². The van der Waals surface area contributed by atoms with Crippen LogP contribution < -0.4 is 10.2 Å². The van der Waals surface area contributed by atoms with Crippen molar-refractivity contribution in [2.24, 2.45) is 0 Å². The van der Waals surface area contributed by atoms with Gasteiger partial charge in [-0.05, 0) is 24.3 Å². The Kier molecular flexibility index (Phi) is 4.97. The monoisotopic (exact) mass is 352 g/mol. The summed E-state index contributed by atoms with van der Waals surface area (Å²) < 4.78 is 31.9. The van der Waals surface area contributed by atoms with E-state index in [9.17, 15) is 13.6 Å². The summed E-state index contributed by atoms with van der Waals surface area (Å²) in [6.45, 7) is 2.41. The number of amides is 1. The number of carbonyl (C=O) groups is 1. The number of rotatable bonds is 3. The lowest BCUT2D eigenvalue weighted by molar-refractivity contribution is 0.102. The summed E-state index contributed by atoms with van der Waals surface area (Å²) in [5.74, 6) is -2.22. The van der Waals surface area contributed by atoms with Crippen LogP contribution in [-0.4, -0.2) is 32.2 Å². The van der Waals surface area contributed by atoms with Gasteiger partial charge in [-0.15, -0.1) is 0 Å². The SMILES string of the molecule is O=C(Nc1cccc(Cl)c1N1CCOCC1)c1cc(F)cc(F)c1. The number of anilines is 2. The molecule has 0 spiro atoms. The molecule has 1 amide bonds. The average molecular weight is 353 g/mol. The van der Waals surface area contributed by atoms with Gasteiger partial charge in [0.1, 0.15) is 11.6 Å². The Labute approximate surface area is 143 Å². The molecule has 0 aromatic heterocycles. The summed E-state index contributed by atoms with van der Waals surface area (Å²) in [5, 5.41) is 3.17. The van der Waals surface area contributed by atoms with Crippen LogP contribution >= 0.6 is 11.6 Å². The standard InChI is InChI=1S/C17H15ClF2N2O2/c18-14-2-1-3-15(16(14)22-4-6-24-7-5-22)21-17(23)11-8-12(19)10-13(20)9-11/h1-3,8-10H,4-7H2,(H,21,23). The third kappa shape index (κ3) is 3.66. The zero-order valence-corrected chi connectivity index (χ0v) is 13.4. The molecule has 0 radical (unpaired) electrons. The van der Waals surface area contributed by atoms with Gasteiger partial charge in [-0.1, -0.05) is 17.7 Å². The van der Waals surface area contributed by atoms with Crippen molar-refractivity contribution in [3.05, 3.63) is 58.6 Å². The van der Waals surface area contributed by atoms with Crippen molar-refractivity contribution in [2.75, 3.05) is 36.5 Å². The Balaban J connectivity index is 1.89. The molecule has 3 rings (SSSR count). The van der Waals surface area contributed by atoms with Gasteiger partial charge in [0.25, 0.3) is 5.91 Å². The molecule has 4 nitrogen and oxygen atoms in total. The lowest BCUT2D eigenvalue weighted by Gasteiger charge is -2.31. The van der Waals surface area contributed by atoms with Crippen molar-refractivity contribution < 1.29 is 18.3 Å². The smallest absolute Gasteiger partial charge is 0.255 e. The molecule has 0 bridgehead atoms. The molecule has 0 unspecified atom stereocenters. The molecule has 0 aliphatic carbocycles. The van der Waals surface area contributed by atoms with Gasteiger partial charge in [0.15, 0.2) is 0 Å². The van der Waals surface area contributed by atoms with Gasteiger partial charge in [-0.25, -0.2) is 8.78 Å². The van der Waals surface area contributed by atoms with Crippen LogP contribution in [0.2, 0.25) is 5.02 Å². The maximum Gasteiger partial charge on any atom is 0.255 e. The number of hydrogen-bond donors (Lipinski definition) is 1. The number of nitrogens with one attached hydrogen (secondary N) is 1. The van der Waals surface area contributed by atoms with Gasteiger partial charge in [-0.2, -0.15) is 0 Å². The number of para-hydroxylation sites is 1. The topological polar surface area (TPSA) is 41.6 Å². The van der Waals surface area contributed by atoms with Crippen LogP contribution in [0.5, 0.6) is 0 Å². The molecule has 1 aliphatic rings. The molecule has 7 heteroatoms. The first kappa shape index (κ1) is 16.7. The van der Waals surface area contributed by atoms with Gasteiger partial charge in [-0.3, -0.25) is 4.79 Å². The fourth-order valence-corrected chi connectivity index (χ4v) is 2.90. The highest BCUT2D eigenvalue weighted by atomic mass is 35.5. The lowest BCUT2D eigenvalue weighted by atomic mass is 10.1. The van der Waals surface area contributed by atoms with E-state index in [0.717, 1.165) is 18.2 Å². The second-order valence-electron chi connectivity index (χ2n) is 5.35. The van der Waals surface area contributed by atoms with Crippen molar-refractivity contribution in [1.29, 1.82) is 0 Å². The number of halogens is 3. The molecule has 0 saturated carbocycles. The number of ether oxygens (including phenoxy) is 1. The number of hydrogen-bond acceptors (Lipinski definition) is 3. The Morgan fingerprint density at radius 1 is 1.12 bits per heavy atom. The van der Waals surface area contributed by atoms with Crippen LogP contribution in [0.25, 0.3) is 0 Å². The minimum atomic E-state index is -0.806. The maximum absolute atomic E-state index is 13.3. The highest BCUT2D eigenvalue weighted by Gasteiger charge is 2.19. The summed E-state index contributed by atoms with van der Waals surface area (Å²) in [6.07, 6.45) is 0. The fourth-order valence-electron chi connectivity index (χ4n) is 2.60. The molecular formula is C17H15ClF2N2O2. The molecule has 24 heavy (non-hydrogen) atoms. The van der Waals surface area contributed by atoms with Crippen molar-refractivity contribution in [3.63, 3.8) is 0 Å². The van der Waals surface area contributed by atoms with E-state index in [2.05, 4.69) is 5.32 Å². The van der Waals surface area contributed by atoms with E-state index in [1.54, 1.807) is 18.2 Å². The highest BCUT2D eigenvalue weighted by Crippen LogP contribution is 2.34. The van der Waals surface area contributed by atoms with E-state index in [1.165, 1.54) is 0 Å². The van der Waals surface area contributed by atoms with E-state index >= 15 is 0 Å². The minimum Gasteiger partial charge on any atom is -0.378 e. The third-order valence-corrected chi connectivity index (χ3v) is 3.99. The molecule has 2 aromatic carbocycles. The Morgan fingerprint density at radius 3 is 2.46 bits per heavy atom. The number of carbonyl (C=O) groups excluding carboxylic acids is 1.